The molecule has 0 saturated heterocycles. The summed E-state index contributed by atoms with van der Waals surface area (Å²) >= 11 is 0. The van der Waals surface area contributed by atoms with E-state index in [0.29, 0.717) is 17.6 Å². The second-order valence-electron chi connectivity index (χ2n) is 3.64. The van der Waals surface area contributed by atoms with Crippen LogP contribution in [-0.4, -0.2) is 10.1 Å². The predicted octanol–water partition coefficient (Wildman–Crippen LogP) is 0.921. The molecule has 6 heteroatoms. The van der Waals surface area contributed by atoms with Crippen molar-refractivity contribution in [2.45, 2.75) is 31.8 Å². The highest BCUT2D eigenvalue weighted by Crippen LogP contribution is 2.38. The smallest absolute Gasteiger partial charge is 0.243 e. The van der Waals surface area contributed by atoms with Gasteiger partial charge in [-0.25, -0.2) is 0 Å². The maximum Gasteiger partial charge on any atom is 0.243 e. The first kappa shape index (κ1) is 11.4. The van der Waals surface area contributed by atoms with Crippen LogP contribution in [0.5, 0.6) is 0 Å². The van der Waals surface area contributed by atoms with E-state index in [4.69, 9.17) is 16.0 Å². The van der Waals surface area contributed by atoms with Crippen molar-refractivity contribution in [3.63, 3.8) is 0 Å². The topological polar surface area (TPSA) is 91.0 Å². The molecular weight excluding hydrogens is 204 g/mol. The zero-order chi connectivity index (χ0) is 9.42. The maximum absolute atomic E-state index is 5.89. The van der Waals surface area contributed by atoms with E-state index in [-0.39, 0.29) is 24.5 Å². The first-order valence-electron chi connectivity index (χ1n) is 4.53. The Morgan fingerprint density at radius 3 is 2.50 bits per heavy atom. The first-order valence-corrected chi connectivity index (χ1v) is 4.53. The minimum absolute atomic E-state index is 0. The maximum atomic E-state index is 5.89. The van der Waals surface area contributed by atoms with Crippen LogP contribution in [-0.2, 0) is 0 Å². The molecule has 4 N–H and O–H groups in total. The highest BCUT2D eigenvalue weighted by molar-refractivity contribution is 5.85. The van der Waals surface area contributed by atoms with Gasteiger partial charge in [0, 0.05) is 0 Å². The van der Waals surface area contributed by atoms with E-state index in [9.17, 15) is 0 Å². The molecule has 0 spiro atoms. The molecule has 0 bridgehead atoms. The van der Waals surface area contributed by atoms with Crippen molar-refractivity contribution in [1.82, 2.24) is 10.1 Å². The van der Waals surface area contributed by atoms with E-state index in [0.717, 1.165) is 0 Å². The van der Waals surface area contributed by atoms with Gasteiger partial charge in [-0.3, -0.25) is 0 Å². The number of hydrogen-bond acceptors (Lipinski definition) is 5. The summed E-state index contributed by atoms with van der Waals surface area (Å²) in [4.78, 5) is 4.14. The van der Waals surface area contributed by atoms with Crippen LogP contribution >= 0.6 is 12.4 Å². The molecule has 1 fully saturated rings. The van der Waals surface area contributed by atoms with Gasteiger partial charge in [0.05, 0.1) is 12.1 Å². The molecular formula is C8H15ClN4O. The van der Waals surface area contributed by atoms with E-state index in [1.54, 1.807) is 6.92 Å². The molecule has 0 radical (unpaired) electrons. The van der Waals surface area contributed by atoms with Crippen LogP contribution in [0, 0.1) is 5.92 Å². The molecule has 1 heterocycles. The number of nitrogens with zero attached hydrogens (tertiary/aromatic N) is 2. The zero-order valence-corrected chi connectivity index (χ0v) is 8.83. The second-order valence-corrected chi connectivity index (χ2v) is 3.64. The van der Waals surface area contributed by atoms with Crippen LogP contribution in [0.2, 0.25) is 0 Å². The zero-order valence-electron chi connectivity index (χ0n) is 8.01. The highest BCUT2D eigenvalue weighted by Gasteiger charge is 2.32. The molecule has 80 valence electrons. The number of hydrogen-bond donors (Lipinski definition) is 2. The van der Waals surface area contributed by atoms with Gasteiger partial charge >= 0.3 is 0 Å². The van der Waals surface area contributed by atoms with Crippen LogP contribution in [0.3, 0.4) is 0 Å². The fourth-order valence-electron chi connectivity index (χ4n) is 1.23. The lowest BCUT2D eigenvalue weighted by molar-refractivity contribution is 0.353. The van der Waals surface area contributed by atoms with Crippen molar-refractivity contribution in [2.24, 2.45) is 17.4 Å². The van der Waals surface area contributed by atoms with E-state index < -0.39 is 0 Å². The van der Waals surface area contributed by atoms with Gasteiger partial charge in [0.2, 0.25) is 5.89 Å². The molecule has 1 unspecified atom stereocenters. The molecule has 2 rings (SSSR count). The largest absolute Gasteiger partial charge is 0.338 e. The lowest BCUT2D eigenvalue weighted by atomic mass is 10.2. The molecule has 0 aliphatic heterocycles. The molecule has 1 aliphatic rings. The second kappa shape index (κ2) is 4.25. The Balaban J connectivity index is 0.000000980. The Labute approximate surface area is 88.6 Å². The van der Waals surface area contributed by atoms with Gasteiger partial charge in [-0.15, -0.1) is 12.4 Å². The van der Waals surface area contributed by atoms with Gasteiger partial charge in [-0.2, -0.15) is 4.98 Å². The van der Waals surface area contributed by atoms with E-state index in [1.807, 2.05) is 0 Å². The number of halogens is 1. The van der Waals surface area contributed by atoms with Crippen LogP contribution in [0.4, 0.5) is 0 Å². The Bertz CT molecular complexity index is 297. The van der Waals surface area contributed by atoms with Crippen molar-refractivity contribution < 1.29 is 4.52 Å². The third-order valence-corrected chi connectivity index (χ3v) is 2.27. The van der Waals surface area contributed by atoms with E-state index >= 15 is 0 Å². The average molecular weight is 219 g/mol. The summed E-state index contributed by atoms with van der Waals surface area (Å²) in [5.74, 6) is 1.60. The fraction of sp³-hybridized carbons (Fsp3) is 0.750. The third-order valence-electron chi connectivity index (χ3n) is 2.27. The molecule has 2 atom stereocenters. The molecule has 1 aromatic rings. The summed E-state index contributed by atoms with van der Waals surface area (Å²) in [7, 11) is 0. The minimum atomic E-state index is -0.215. The normalized spacial score (nSPS) is 19.9. The van der Waals surface area contributed by atoms with Crippen molar-refractivity contribution in [2.75, 3.05) is 0 Å². The Hall–Kier alpha value is -0.650. The standard InChI is InChI=1S/C8H14N4O.ClH/c1-4(9)8-11-7(12-13-8)6(10)5-2-3-5;/h4-6H,2-3,9-10H2,1H3;1H/t4-,6?;/m1./s1. The van der Waals surface area contributed by atoms with Gasteiger partial charge in [0.25, 0.3) is 0 Å². The summed E-state index contributed by atoms with van der Waals surface area (Å²) in [5.41, 5.74) is 11.5. The molecule has 1 saturated carbocycles. The van der Waals surface area contributed by atoms with Gasteiger partial charge in [-0.05, 0) is 25.7 Å². The summed E-state index contributed by atoms with van der Waals surface area (Å²) in [6.07, 6.45) is 2.34. The quantitative estimate of drug-likeness (QED) is 0.787. The van der Waals surface area contributed by atoms with Crippen molar-refractivity contribution in [1.29, 1.82) is 0 Å². The van der Waals surface area contributed by atoms with Crippen molar-refractivity contribution >= 4 is 12.4 Å². The number of rotatable bonds is 3. The van der Waals surface area contributed by atoms with Crippen LogP contribution < -0.4 is 11.5 Å². The van der Waals surface area contributed by atoms with Gasteiger partial charge in [-0.1, -0.05) is 5.16 Å². The lowest BCUT2D eigenvalue weighted by Crippen LogP contribution is -2.14. The first-order chi connectivity index (χ1) is 6.18. The van der Waals surface area contributed by atoms with Crippen molar-refractivity contribution in [3.8, 4) is 0 Å². The number of nitrogens with two attached hydrogens (primary N) is 2. The predicted molar refractivity (Wildman–Crippen MR) is 53.8 cm³/mol. The van der Waals surface area contributed by atoms with Crippen LogP contribution in [0.1, 0.15) is 43.6 Å². The highest BCUT2D eigenvalue weighted by atomic mass is 35.5. The van der Waals surface area contributed by atoms with E-state index in [1.165, 1.54) is 12.8 Å². The Morgan fingerprint density at radius 2 is 2.07 bits per heavy atom. The molecule has 5 nitrogen and oxygen atoms in total. The van der Waals surface area contributed by atoms with Crippen LogP contribution in [0.25, 0.3) is 0 Å². The van der Waals surface area contributed by atoms with Gasteiger partial charge in [0.1, 0.15) is 0 Å². The molecule has 0 amide bonds. The Morgan fingerprint density at radius 1 is 1.43 bits per heavy atom. The molecule has 1 aromatic heterocycles. The monoisotopic (exact) mass is 218 g/mol. The Kier molecular flexibility index (Phi) is 3.47. The average Bonchev–Trinajstić information content (AvgIpc) is 2.81. The molecule has 14 heavy (non-hydrogen) atoms. The SMILES string of the molecule is C[C@@H](N)c1nc(C(N)C2CC2)no1.Cl. The molecule has 0 aromatic carbocycles. The van der Waals surface area contributed by atoms with Crippen molar-refractivity contribution in [3.05, 3.63) is 11.7 Å². The van der Waals surface area contributed by atoms with Crippen LogP contribution in [0.15, 0.2) is 4.52 Å². The third kappa shape index (κ3) is 2.23. The summed E-state index contributed by atoms with van der Waals surface area (Å²) in [6.45, 7) is 1.81. The van der Waals surface area contributed by atoms with E-state index in [2.05, 4.69) is 10.1 Å². The molecule has 1 aliphatic carbocycles. The summed E-state index contributed by atoms with van der Waals surface area (Å²) < 4.78 is 4.96. The number of aromatic nitrogens is 2. The minimum Gasteiger partial charge on any atom is -0.338 e. The fourth-order valence-corrected chi connectivity index (χ4v) is 1.23. The lowest BCUT2D eigenvalue weighted by Gasteiger charge is -2.01. The summed E-state index contributed by atoms with van der Waals surface area (Å²) in [6, 6.07) is -0.288. The summed E-state index contributed by atoms with van der Waals surface area (Å²) in [5, 5.41) is 3.81. The van der Waals surface area contributed by atoms with Gasteiger partial charge in [0.15, 0.2) is 5.82 Å². The van der Waals surface area contributed by atoms with Gasteiger partial charge < -0.3 is 16.0 Å².